The summed E-state index contributed by atoms with van der Waals surface area (Å²) in [6, 6.07) is 17.9. The molecule has 0 saturated heterocycles. The van der Waals surface area contributed by atoms with Gasteiger partial charge < -0.3 is 9.47 Å². The minimum atomic E-state index is -0.569. The molecule has 0 aliphatic rings. The maximum Gasteiger partial charge on any atom is 0.118 e. The zero-order chi connectivity index (χ0) is 15.3. The Morgan fingerprint density at radius 3 is 1.81 bits per heavy atom. The average Bonchev–Trinajstić information content (AvgIpc) is 2.55. The minimum Gasteiger partial charge on any atom is -0.497 e. The average molecular weight is 281 g/mol. The van der Waals surface area contributed by atoms with Crippen molar-refractivity contribution in [3.8, 4) is 17.6 Å². The largest absolute Gasteiger partial charge is 0.497 e. The predicted molar refractivity (Wildman–Crippen MR) is 82.7 cm³/mol. The topological polar surface area (TPSA) is 42.2 Å². The molecule has 0 aliphatic heterocycles. The second kappa shape index (κ2) is 6.32. The fourth-order valence-corrected chi connectivity index (χ4v) is 2.32. The maximum atomic E-state index is 9.62. The van der Waals surface area contributed by atoms with Gasteiger partial charge in [0.05, 0.1) is 25.7 Å². The van der Waals surface area contributed by atoms with Crippen LogP contribution in [0.15, 0.2) is 48.5 Å². The van der Waals surface area contributed by atoms with Crippen molar-refractivity contribution in [2.45, 2.75) is 18.8 Å². The van der Waals surface area contributed by atoms with Gasteiger partial charge >= 0.3 is 0 Å². The van der Waals surface area contributed by atoms with E-state index in [4.69, 9.17) is 9.47 Å². The Bertz CT molecular complexity index is 626. The van der Waals surface area contributed by atoms with Crippen molar-refractivity contribution in [2.24, 2.45) is 0 Å². The third-order valence-corrected chi connectivity index (χ3v) is 3.69. The van der Waals surface area contributed by atoms with Gasteiger partial charge in [-0.25, -0.2) is 0 Å². The lowest BCUT2D eigenvalue weighted by Crippen LogP contribution is -2.22. The van der Waals surface area contributed by atoms with E-state index >= 15 is 0 Å². The molecule has 0 radical (unpaired) electrons. The molecule has 2 aromatic carbocycles. The molecular formula is C18H19NO2. The molecule has 3 nitrogen and oxygen atoms in total. The summed E-state index contributed by atoms with van der Waals surface area (Å²) in [6.45, 7) is 1.96. The predicted octanol–water partition coefficient (Wildman–Crippen LogP) is 3.73. The molecule has 2 aromatic rings. The lowest BCUT2D eigenvalue weighted by molar-refractivity contribution is 0.414. The lowest BCUT2D eigenvalue weighted by Gasteiger charge is -2.22. The molecule has 108 valence electrons. The Labute approximate surface area is 125 Å². The van der Waals surface area contributed by atoms with Crippen molar-refractivity contribution in [2.75, 3.05) is 14.2 Å². The molecule has 0 saturated carbocycles. The van der Waals surface area contributed by atoms with Gasteiger partial charge in [-0.05, 0) is 48.7 Å². The first-order valence-electron chi connectivity index (χ1n) is 6.80. The van der Waals surface area contributed by atoms with Gasteiger partial charge in [0.2, 0.25) is 0 Å². The molecule has 0 heterocycles. The summed E-state index contributed by atoms with van der Waals surface area (Å²) in [5, 5.41) is 9.62. The molecule has 0 fully saturated rings. The fraction of sp³-hybridized carbons (Fsp3) is 0.278. The quantitative estimate of drug-likeness (QED) is 0.838. The van der Waals surface area contributed by atoms with E-state index in [9.17, 15) is 5.26 Å². The Kier molecular flexibility index (Phi) is 4.49. The van der Waals surface area contributed by atoms with Crippen molar-refractivity contribution in [1.29, 1.82) is 5.26 Å². The third-order valence-electron chi connectivity index (χ3n) is 3.69. The normalized spacial score (nSPS) is 13.0. The van der Waals surface area contributed by atoms with Crippen LogP contribution in [-0.4, -0.2) is 14.2 Å². The number of benzene rings is 2. The van der Waals surface area contributed by atoms with E-state index in [2.05, 4.69) is 6.07 Å². The minimum absolute atomic E-state index is 0.569. The highest BCUT2D eigenvalue weighted by molar-refractivity contribution is 5.39. The summed E-state index contributed by atoms with van der Waals surface area (Å²) in [6.07, 6.45) is 0.653. The smallest absolute Gasteiger partial charge is 0.118 e. The number of hydrogen-bond acceptors (Lipinski definition) is 3. The van der Waals surface area contributed by atoms with Crippen LogP contribution in [0.5, 0.6) is 11.5 Å². The molecule has 0 spiro atoms. The Morgan fingerprint density at radius 2 is 1.38 bits per heavy atom. The zero-order valence-corrected chi connectivity index (χ0v) is 12.6. The highest BCUT2D eigenvalue weighted by Crippen LogP contribution is 2.29. The molecular weight excluding hydrogens is 262 g/mol. The highest BCUT2D eigenvalue weighted by Gasteiger charge is 2.26. The molecule has 0 bridgehead atoms. The molecule has 3 heteroatoms. The molecule has 0 aromatic heterocycles. The second-order valence-electron chi connectivity index (χ2n) is 5.20. The van der Waals surface area contributed by atoms with E-state index in [1.807, 2.05) is 55.5 Å². The van der Waals surface area contributed by atoms with Crippen LogP contribution in [0.4, 0.5) is 0 Å². The van der Waals surface area contributed by atoms with E-state index in [0.29, 0.717) is 6.42 Å². The molecule has 0 aliphatic carbocycles. The van der Waals surface area contributed by atoms with E-state index in [-0.39, 0.29) is 0 Å². The second-order valence-corrected chi connectivity index (χ2v) is 5.20. The fourth-order valence-electron chi connectivity index (χ4n) is 2.32. The van der Waals surface area contributed by atoms with Gasteiger partial charge in [0, 0.05) is 0 Å². The Morgan fingerprint density at radius 1 is 0.905 bits per heavy atom. The van der Waals surface area contributed by atoms with Crippen LogP contribution in [0, 0.1) is 11.3 Å². The molecule has 0 N–H and O–H groups in total. The van der Waals surface area contributed by atoms with Crippen LogP contribution >= 0.6 is 0 Å². The lowest BCUT2D eigenvalue weighted by atomic mass is 9.78. The van der Waals surface area contributed by atoms with Gasteiger partial charge in [0.15, 0.2) is 0 Å². The van der Waals surface area contributed by atoms with Gasteiger partial charge in [-0.1, -0.05) is 24.3 Å². The summed E-state index contributed by atoms with van der Waals surface area (Å²) in [7, 11) is 3.28. The number of ether oxygens (including phenoxy) is 2. The first kappa shape index (κ1) is 14.9. The van der Waals surface area contributed by atoms with Crippen LogP contribution in [-0.2, 0) is 11.8 Å². The van der Waals surface area contributed by atoms with Crippen molar-refractivity contribution >= 4 is 0 Å². The van der Waals surface area contributed by atoms with Gasteiger partial charge in [-0.2, -0.15) is 5.26 Å². The number of rotatable bonds is 5. The number of nitriles is 1. The van der Waals surface area contributed by atoms with Gasteiger partial charge in [-0.3, -0.25) is 0 Å². The summed E-state index contributed by atoms with van der Waals surface area (Å²) < 4.78 is 10.3. The third kappa shape index (κ3) is 3.35. The highest BCUT2D eigenvalue weighted by atomic mass is 16.5. The Hall–Kier alpha value is -2.47. The summed E-state index contributed by atoms with van der Waals surface area (Å²) in [4.78, 5) is 0. The molecule has 0 unspecified atom stereocenters. The maximum absolute atomic E-state index is 9.62. The van der Waals surface area contributed by atoms with Gasteiger partial charge in [0.1, 0.15) is 11.5 Å². The van der Waals surface area contributed by atoms with Crippen LogP contribution in [0.25, 0.3) is 0 Å². The summed E-state index contributed by atoms with van der Waals surface area (Å²) >= 11 is 0. The standard InChI is InChI=1S/C18H19NO2/c1-18(13-19,15-6-10-17(21-3)11-7-15)12-14-4-8-16(20-2)9-5-14/h4-11H,12H2,1-3H3/t18-/m1/s1. The molecule has 1 atom stereocenters. The number of methoxy groups -OCH3 is 2. The first-order valence-corrected chi connectivity index (χ1v) is 6.80. The SMILES string of the molecule is COc1ccc(C[C@](C)(C#N)c2ccc(OC)cc2)cc1. The van der Waals surface area contributed by atoms with Crippen molar-refractivity contribution < 1.29 is 9.47 Å². The van der Waals surface area contributed by atoms with Crippen molar-refractivity contribution in [1.82, 2.24) is 0 Å². The van der Waals surface area contributed by atoms with Crippen molar-refractivity contribution in [3.05, 3.63) is 59.7 Å². The van der Waals surface area contributed by atoms with Gasteiger partial charge in [0.25, 0.3) is 0 Å². The van der Waals surface area contributed by atoms with Crippen LogP contribution < -0.4 is 9.47 Å². The first-order chi connectivity index (χ1) is 10.1. The Balaban J connectivity index is 2.25. The monoisotopic (exact) mass is 281 g/mol. The van der Waals surface area contributed by atoms with E-state index < -0.39 is 5.41 Å². The molecule has 21 heavy (non-hydrogen) atoms. The van der Waals surface area contributed by atoms with E-state index in [0.717, 1.165) is 22.6 Å². The van der Waals surface area contributed by atoms with Crippen LogP contribution in [0.1, 0.15) is 18.1 Å². The number of hydrogen-bond donors (Lipinski definition) is 0. The summed E-state index contributed by atoms with van der Waals surface area (Å²) in [5.74, 6) is 1.62. The number of nitrogens with zero attached hydrogens (tertiary/aromatic N) is 1. The van der Waals surface area contributed by atoms with E-state index in [1.165, 1.54) is 0 Å². The zero-order valence-electron chi connectivity index (χ0n) is 12.6. The van der Waals surface area contributed by atoms with E-state index in [1.54, 1.807) is 14.2 Å². The summed E-state index contributed by atoms with van der Waals surface area (Å²) in [5.41, 5.74) is 1.53. The van der Waals surface area contributed by atoms with Gasteiger partial charge in [-0.15, -0.1) is 0 Å². The molecule has 2 rings (SSSR count). The van der Waals surface area contributed by atoms with Crippen LogP contribution in [0.2, 0.25) is 0 Å². The van der Waals surface area contributed by atoms with Crippen LogP contribution in [0.3, 0.4) is 0 Å². The molecule has 0 amide bonds. The van der Waals surface area contributed by atoms with Crippen molar-refractivity contribution in [3.63, 3.8) is 0 Å².